The highest BCUT2D eigenvalue weighted by molar-refractivity contribution is 8.26. The highest BCUT2D eigenvalue weighted by Gasteiger charge is 2.37. The van der Waals surface area contributed by atoms with Gasteiger partial charge in [0, 0.05) is 25.3 Å². The van der Waals surface area contributed by atoms with Crippen LogP contribution in [-0.2, 0) is 19.1 Å². The van der Waals surface area contributed by atoms with E-state index in [4.69, 9.17) is 21.9 Å². The molecule has 0 bridgehead atoms. The Morgan fingerprint density at radius 3 is 2.81 bits per heavy atom. The van der Waals surface area contributed by atoms with Crippen molar-refractivity contribution in [3.63, 3.8) is 0 Å². The van der Waals surface area contributed by atoms with Crippen LogP contribution in [0.5, 0.6) is 0 Å². The first-order valence-electron chi connectivity index (χ1n) is 12.2. The van der Waals surface area contributed by atoms with E-state index in [0.29, 0.717) is 28.0 Å². The summed E-state index contributed by atoms with van der Waals surface area (Å²) in [6.07, 6.45) is 3.64. The number of aromatic nitrogens is 2. The number of hydrogen-bond donors (Lipinski definition) is 1. The largest absolute Gasteiger partial charge is 0.466 e. The number of amides is 2. The Morgan fingerprint density at radius 2 is 2.11 bits per heavy atom. The third-order valence-electron chi connectivity index (χ3n) is 6.46. The Labute approximate surface area is 224 Å². The Kier molecular flexibility index (Phi) is 7.98. The van der Waals surface area contributed by atoms with Crippen molar-refractivity contribution < 1.29 is 19.1 Å². The number of esters is 1. The lowest BCUT2D eigenvalue weighted by Crippen LogP contribution is -2.57. The summed E-state index contributed by atoms with van der Waals surface area (Å²) in [5, 5.41) is 2.78. The van der Waals surface area contributed by atoms with E-state index in [9.17, 15) is 19.2 Å². The maximum absolute atomic E-state index is 13.8. The van der Waals surface area contributed by atoms with Crippen LogP contribution >= 0.6 is 24.0 Å². The fourth-order valence-corrected chi connectivity index (χ4v) is 5.81. The number of nitrogens with zero attached hydrogens (tertiary/aromatic N) is 4. The zero-order chi connectivity index (χ0) is 26.9. The molecule has 2 atom stereocenters. The molecule has 4 rings (SSSR count). The van der Waals surface area contributed by atoms with Gasteiger partial charge in [-0.15, -0.1) is 0 Å². The van der Waals surface area contributed by atoms with E-state index in [0.717, 1.165) is 23.7 Å². The number of thioether (sulfide) groups is 1. The van der Waals surface area contributed by atoms with E-state index >= 15 is 0 Å². The quantitative estimate of drug-likeness (QED) is 0.319. The highest BCUT2D eigenvalue weighted by atomic mass is 32.2. The number of nitrogens with one attached hydrogen (secondary N) is 1. The average molecular weight is 544 g/mol. The summed E-state index contributed by atoms with van der Waals surface area (Å²) < 4.78 is 6.93. The van der Waals surface area contributed by atoms with Gasteiger partial charge in [-0.2, -0.15) is 0 Å². The van der Waals surface area contributed by atoms with Crippen LogP contribution < -0.4 is 15.8 Å². The summed E-state index contributed by atoms with van der Waals surface area (Å²) in [4.78, 5) is 60.6. The van der Waals surface area contributed by atoms with Gasteiger partial charge in [-0.1, -0.05) is 37.0 Å². The molecule has 4 heterocycles. The molecule has 2 fully saturated rings. The maximum atomic E-state index is 13.8. The molecule has 2 aliphatic rings. The van der Waals surface area contributed by atoms with Gasteiger partial charge in [-0.25, -0.2) is 4.98 Å². The summed E-state index contributed by atoms with van der Waals surface area (Å²) in [6.45, 7) is 8.23. The Balaban J connectivity index is 1.90. The molecule has 10 nitrogen and oxygen atoms in total. The molecule has 2 aromatic heterocycles. The van der Waals surface area contributed by atoms with Gasteiger partial charge in [0.15, 0.2) is 0 Å². The molecule has 0 aliphatic carbocycles. The fourth-order valence-electron chi connectivity index (χ4n) is 4.37. The standard InChI is InChI=1S/C25H29N5O5S2/c1-5-15(4)30-24(34)18(37-25(30)36)12-16-21(27-20-14(3)8-7-10-29(20)23(16)33)28-11-9-26-22(32)17(28)13-19(31)35-6-2/h7-8,10,12,15,17H,5-6,9,11,13H2,1-4H3,(H,26,32)/b18-12-/t15-,17+/m1/s1. The van der Waals surface area contributed by atoms with Crippen molar-refractivity contribution in [3.05, 3.63) is 44.7 Å². The summed E-state index contributed by atoms with van der Waals surface area (Å²) >= 11 is 6.59. The second-order valence-corrected chi connectivity index (χ2v) is 10.5. The van der Waals surface area contributed by atoms with Gasteiger partial charge in [0.25, 0.3) is 11.5 Å². The number of carbonyl (C=O) groups excluding carboxylic acids is 3. The molecule has 2 aliphatic heterocycles. The first kappa shape index (κ1) is 26.8. The lowest BCUT2D eigenvalue weighted by Gasteiger charge is -2.36. The number of rotatable bonds is 7. The van der Waals surface area contributed by atoms with E-state index in [2.05, 4.69) is 5.32 Å². The second-order valence-electron chi connectivity index (χ2n) is 8.86. The molecule has 0 saturated carbocycles. The van der Waals surface area contributed by atoms with Crippen LogP contribution in [0.2, 0.25) is 0 Å². The van der Waals surface area contributed by atoms with Gasteiger partial charge >= 0.3 is 5.97 Å². The molecule has 0 aromatic carbocycles. The van der Waals surface area contributed by atoms with E-state index < -0.39 is 17.6 Å². The molecule has 2 saturated heterocycles. The Morgan fingerprint density at radius 1 is 1.35 bits per heavy atom. The summed E-state index contributed by atoms with van der Waals surface area (Å²) in [5.74, 6) is -0.930. The second kappa shape index (κ2) is 11.0. The van der Waals surface area contributed by atoms with E-state index in [1.807, 2.05) is 26.8 Å². The number of hydrogen-bond acceptors (Lipinski definition) is 9. The van der Waals surface area contributed by atoms with Gasteiger partial charge in [0.05, 0.1) is 23.5 Å². The summed E-state index contributed by atoms with van der Waals surface area (Å²) in [5.41, 5.74) is 0.946. The fraction of sp³-hybridized carbons (Fsp3) is 0.440. The molecule has 2 aromatic rings. The van der Waals surface area contributed by atoms with Crippen molar-refractivity contribution in [3.8, 4) is 0 Å². The monoisotopic (exact) mass is 543 g/mol. The molecule has 37 heavy (non-hydrogen) atoms. The molecule has 0 unspecified atom stereocenters. The number of anilines is 1. The Bertz CT molecular complexity index is 1370. The zero-order valence-corrected chi connectivity index (χ0v) is 22.8. The summed E-state index contributed by atoms with van der Waals surface area (Å²) in [7, 11) is 0. The minimum atomic E-state index is -0.923. The van der Waals surface area contributed by atoms with Crippen molar-refractivity contribution in [1.29, 1.82) is 0 Å². The SMILES string of the molecule is CCOC(=O)C[C@H]1C(=O)NCCN1c1nc2c(C)cccn2c(=O)c1/C=C1\SC(=S)N([C@H](C)CC)C1=O. The van der Waals surface area contributed by atoms with Crippen LogP contribution in [0.3, 0.4) is 0 Å². The lowest BCUT2D eigenvalue weighted by atomic mass is 10.1. The van der Waals surface area contributed by atoms with Crippen LogP contribution in [0.25, 0.3) is 11.7 Å². The van der Waals surface area contributed by atoms with Crippen molar-refractivity contribution in [1.82, 2.24) is 19.6 Å². The van der Waals surface area contributed by atoms with Crippen LogP contribution in [0.1, 0.15) is 44.7 Å². The normalized spacial score (nSPS) is 20.1. The van der Waals surface area contributed by atoms with Crippen LogP contribution in [0, 0.1) is 6.92 Å². The number of pyridine rings is 1. The van der Waals surface area contributed by atoms with Crippen molar-refractivity contribution in [2.24, 2.45) is 0 Å². The first-order chi connectivity index (χ1) is 17.7. The Hall–Kier alpha value is -3.25. The van der Waals surface area contributed by atoms with Crippen molar-refractivity contribution in [2.75, 3.05) is 24.6 Å². The molecule has 12 heteroatoms. The predicted molar refractivity (Wildman–Crippen MR) is 146 cm³/mol. The maximum Gasteiger partial charge on any atom is 0.308 e. The molecule has 196 valence electrons. The number of piperazine rings is 1. The van der Waals surface area contributed by atoms with Crippen molar-refractivity contribution >= 4 is 63.6 Å². The van der Waals surface area contributed by atoms with Crippen LogP contribution in [0.15, 0.2) is 28.0 Å². The molecule has 0 radical (unpaired) electrons. The molecule has 0 spiro atoms. The first-order valence-corrected chi connectivity index (χ1v) is 13.4. The van der Waals surface area contributed by atoms with Crippen LogP contribution in [-0.4, -0.2) is 68.2 Å². The number of carbonyl (C=O) groups is 3. The number of thiocarbonyl (C=S) groups is 1. The number of fused-ring (bicyclic) bond motifs is 1. The predicted octanol–water partition coefficient (Wildman–Crippen LogP) is 2.26. The van der Waals surface area contributed by atoms with E-state index in [1.165, 1.54) is 10.5 Å². The lowest BCUT2D eigenvalue weighted by molar-refractivity contribution is -0.145. The zero-order valence-electron chi connectivity index (χ0n) is 21.1. The average Bonchev–Trinajstić information content (AvgIpc) is 3.14. The molecular weight excluding hydrogens is 514 g/mol. The molecule has 1 N–H and O–H groups in total. The van der Waals surface area contributed by atoms with Gasteiger partial charge in [0.1, 0.15) is 21.8 Å². The van der Waals surface area contributed by atoms with Crippen LogP contribution in [0.4, 0.5) is 5.82 Å². The van der Waals surface area contributed by atoms with Gasteiger partial charge < -0.3 is 15.0 Å². The highest BCUT2D eigenvalue weighted by Crippen LogP contribution is 2.35. The minimum Gasteiger partial charge on any atom is -0.466 e. The number of ether oxygens (including phenoxy) is 1. The van der Waals surface area contributed by atoms with Crippen molar-refractivity contribution in [2.45, 2.75) is 52.6 Å². The smallest absolute Gasteiger partial charge is 0.308 e. The molecule has 2 amide bonds. The van der Waals surface area contributed by atoms with Gasteiger partial charge in [-0.05, 0) is 44.9 Å². The van der Waals surface area contributed by atoms with E-state index in [1.54, 1.807) is 29.0 Å². The summed E-state index contributed by atoms with van der Waals surface area (Å²) in [6, 6.07) is 2.57. The topological polar surface area (TPSA) is 113 Å². The minimum absolute atomic E-state index is 0.0869. The number of aryl methyl sites for hydroxylation is 1. The third-order valence-corrected chi connectivity index (χ3v) is 7.79. The van der Waals surface area contributed by atoms with Gasteiger partial charge in [0.2, 0.25) is 5.91 Å². The van der Waals surface area contributed by atoms with E-state index in [-0.39, 0.29) is 42.3 Å². The molecular formula is C25H29N5O5S2. The third kappa shape index (κ3) is 5.12. The van der Waals surface area contributed by atoms with Gasteiger partial charge in [-0.3, -0.25) is 28.5 Å².